The highest BCUT2D eigenvalue weighted by Gasteiger charge is 2.16. The number of methoxy groups -OCH3 is 2. The summed E-state index contributed by atoms with van der Waals surface area (Å²) in [6.45, 7) is 2.06. The molecule has 0 saturated heterocycles. The Labute approximate surface area is 146 Å². The summed E-state index contributed by atoms with van der Waals surface area (Å²) in [5, 5.41) is 5.58. The van der Waals surface area contributed by atoms with Gasteiger partial charge in [0.05, 0.1) is 38.2 Å². The number of nitrogens with one attached hydrogen (secondary N) is 2. The first-order chi connectivity index (χ1) is 11.8. The van der Waals surface area contributed by atoms with Crippen molar-refractivity contribution in [2.45, 2.75) is 6.92 Å². The number of benzene rings is 1. The molecule has 0 aliphatic heterocycles. The van der Waals surface area contributed by atoms with Crippen molar-refractivity contribution in [3.8, 4) is 0 Å². The second-order valence-corrected chi connectivity index (χ2v) is 5.53. The van der Waals surface area contributed by atoms with E-state index >= 15 is 0 Å². The number of hydrogen-bond acceptors (Lipinski definition) is 7. The van der Waals surface area contributed by atoms with Crippen LogP contribution in [0.15, 0.2) is 30.0 Å². The van der Waals surface area contributed by atoms with Crippen LogP contribution in [0.25, 0.3) is 0 Å². The summed E-state index contributed by atoms with van der Waals surface area (Å²) in [6.07, 6.45) is 0.986. The van der Waals surface area contributed by atoms with Crippen LogP contribution in [0.2, 0.25) is 0 Å². The Morgan fingerprint density at radius 3 is 2.32 bits per heavy atom. The van der Waals surface area contributed by atoms with Crippen molar-refractivity contribution in [1.82, 2.24) is 4.90 Å². The smallest absolute Gasteiger partial charge is 0.354 e. The number of ether oxygens (including phenoxy) is 2. The third-order valence-corrected chi connectivity index (χ3v) is 3.05. The standard InChI is InChI=1S/C17H23N3O5/c1-11-6-7-12(19-15(21)10-20(2)3)13(8-11)18-14(17(23)25-5)9-16(22)24-4/h6-9,18H,10H2,1-5H3,(H,19,21)/b14-9+. The third-order valence-electron chi connectivity index (χ3n) is 3.05. The van der Waals surface area contributed by atoms with E-state index in [0.717, 1.165) is 11.6 Å². The lowest BCUT2D eigenvalue weighted by molar-refractivity contribution is -0.138. The molecule has 2 N–H and O–H groups in total. The second kappa shape index (κ2) is 9.43. The molecule has 1 aromatic carbocycles. The van der Waals surface area contributed by atoms with Gasteiger partial charge < -0.3 is 25.0 Å². The van der Waals surface area contributed by atoms with E-state index in [4.69, 9.17) is 0 Å². The molecule has 0 unspecified atom stereocenters. The summed E-state index contributed by atoms with van der Waals surface area (Å²) in [5.41, 5.74) is 1.71. The number of likely N-dealkylation sites (N-methyl/N-ethyl adjacent to an activating group) is 1. The maximum atomic E-state index is 12.0. The van der Waals surface area contributed by atoms with E-state index in [2.05, 4.69) is 20.1 Å². The molecular formula is C17H23N3O5. The number of rotatable bonds is 7. The van der Waals surface area contributed by atoms with Gasteiger partial charge in [-0.3, -0.25) is 4.79 Å². The van der Waals surface area contributed by atoms with Gasteiger partial charge in [0, 0.05) is 0 Å². The van der Waals surface area contributed by atoms with Crippen LogP contribution in [0.4, 0.5) is 11.4 Å². The van der Waals surface area contributed by atoms with Crippen LogP contribution in [-0.2, 0) is 23.9 Å². The molecule has 1 amide bonds. The lowest BCUT2D eigenvalue weighted by Crippen LogP contribution is -2.27. The van der Waals surface area contributed by atoms with E-state index in [9.17, 15) is 14.4 Å². The molecule has 0 atom stereocenters. The quantitative estimate of drug-likeness (QED) is 0.563. The average molecular weight is 349 g/mol. The molecule has 8 nitrogen and oxygen atoms in total. The molecule has 1 aromatic rings. The van der Waals surface area contributed by atoms with Crippen LogP contribution in [0.3, 0.4) is 0 Å². The molecule has 0 heterocycles. The van der Waals surface area contributed by atoms with E-state index in [1.165, 1.54) is 14.2 Å². The first kappa shape index (κ1) is 20.2. The summed E-state index contributed by atoms with van der Waals surface area (Å²) in [6, 6.07) is 5.26. The number of carbonyl (C=O) groups excluding carboxylic acids is 3. The molecule has 0 fully saturated rings. The molecular weight excluding hydrogens is 326 g/mol. The van der Waals surface area contributed by atoms with E-state index in [1.807, 2.05) is 13.0 Å². The molecule has 0 radical (unpaired) electrons. The number of carbonyl (C=O) groups is 3. The molecule has 0 bridgehead atoms. The Bertz CT molecular complexity index is 683. The zero-order chi connectivity index (χ0) is 19.0. The largest absolute Gasteiger partial charge is 0.466 e. The molecule has 0 aliphatic carbocycles. The summed E-state index contributed by atoms with van der Waals surface area (Å²) in [7, 11) is 5.96. The molecule has 25 heavy (non-hydrogen) atoms. The highest BCUT2D eigenvalue weighted by atomic mass is 16.5. The van der Waals surface area contributed by atoms with Gasteiger partial charge in [-0.05, 0) is 38.7 Å². The van der Waals surface area contributed by atoms with E-state index < -0.39 is 11.9 Å². The van der Waals surface area contributed by atoms with Crippen molar-refractivity contribution < 1.29 is 23.9 Å². The summed E-state index contributed by atoms with van der Waals surface area (Å²) in [4.78, 5) is 37.1. The van der Waals surface area contributed by atoms with Gasteiger partial charge in [-0.25, -0.2) is 9.59 Å². The fourth-order valence-electron chi connectivity index (χ4n) is 1.93. The van der Waals surface area contributed by atoms with Gasteiger partial charge in [-0.1, -0.05) is 6.07 Å². The highest BCUT2D eigenvalue weighted by Crippen LogP contribution is 2.25. The number of aryl methyl sites for hydroxylation is 1. The highest BCUT2D eigenvalue weighted by molar-refractivity contribution is 6.01. The maximum absolute atomic E-state index is 12.0. The predicted octanol–water partition coefficient (Wildman–Crippen LogP) is 1.14. The van der Waals surface area contributed by atoms with Crippen molar-refractivity contribution in [3.63, 3.8) is 0 Å². The Balaban J connectivity index is 3.14. The van der Waals surface area contributed by atoms with Gasteiger partial charge in [-0.15, -0.1) is 0 Å². The third kappa shape index (κ3) is 6.64. The molecule has 1 rings (SSSR count). The Morgan fingerprint density at radius 1 is 1.08 bits per heavy atom. The van der Waals surface area contributed by atoms with Gasteiger partial charge in [-0.2, -0.15) is 0 Å². The first-order valence-corrected chi connectivity index (χ1v) is 7.47. The summed E-state index contributed by atoms with van der Waals surface area (Å²) in [5.74, 6) is -1.66. The predicted molar refractivity (Wildman–Crippen MR) is 94.1 cm³/mol. The average Bonchev–Trinajstić information content (AvgIpc) is 2.54. The van der Waals surface area contributed by atoms with Gasteiger partial charge in [0.2, 0.25) is 5.91 Å². The molecule has 0 aliphatic rings. The molecule has 0 aromatic heterocycles. The van der Waals surface area contributed by atoms with Gasteiger partial charge >= 0.3 is 11.9 Å². The Kier molecular flexibility index (Phi) is 7.61. The molecule has 0 saturated carbocycles. The minimum atomic E-state index is -0.738. The minimum Gasteiger partial charge on any atom is -0.466 e. The zero-order valence-corrected chi connectivity index (χ0v) is 15.0. The molecule has 8 heteroatoms. The number of amides is 1. The van der Waals surface area contributed by atoms with Crippen LogP contribution in [0, 0.1) is 6.92 Å². The summed E-state index contributed by atoms with van der Waals surface area (Å²) < 4.78 is 9.20. The Hall–Kier alpha value is -2.87. The van der Waals surface area contributed by atoms with Crippen LogP contribution in [0.5, 0.6) is 0 Å². The van der Waals surface area contributed by atoms with Gasteiger partial charge in [0.25, 0.3) is 0 Å². The fraction of sp³-hybridized carbons (Fsp3) is 0.353. The molecule has 136 valence electrons. The lowest BCUT2D eigenvalue weighted by atomic mass is 10.1. The summed E-state index contributed by atoms with van der Waals surface area (Å²) >= 11 is 0. The monoisotopic (exact) mass is 349 g/mol. The van der Waals surface area contributed by atoms with E-state index in [-0.39, 0.29) is 18.1 Å². The van der Waals surface area contributed by atoms with Crippen molar-refractivity contribution >= 4 is 29.2 Å². The molecule has 0 spiro atoms. The zero-order valence-electron chi connectivity index (χ0n) is 15.0. The van der Waals surface area contributed by atoms with E-state index in [1.54, 1.807) is 31.1 Å². The van der Waals surface area contributed by atoms with E-state index in [0.29, 0.717) is 11.4 Å². The first-order valence-electron chi connectivity index (χ1n) is 7.47. The SMILES string of the molecule is COC(=O)/C=C(/Nc1cc(C)ccc1NC(=O)CN(C)C)C(=O)OC. The number of nitrogens with zero attached hydrogens (tertiary/aromatic N) is 1. The minimum absolute atomic E-state index is 0.108. The maximum Gasteiger partial charge on any atom is 0.354 e. The Morgan fingerprint density at radius 2 is 1.76 bits per heavy atom. The van der Waals surface area contributed by atoms with Crippen LogP contribution in [-0.4, -0.2) is 57.6 Å². The second-order valence-electron chi connectivity index (χ2n) is 5.53. The lowest BCUT2D eigenvalue weighted by Gasteiger charge is -2.16. The van der Waals surface area contributed by atoms with Crippen LogP contribution >= 0.6 is 0 Å². The van der Waals surface area contributed by atoms with Crippen molar-refractivity contribution in [3.05, 3.63) is 35.5 Å². The number of hydrogen-bond donors (Lipinski definition) is 2. The normalized spacial score (nSPS) is 11.0. The van der Waals surface area contributed by atoms with Crippen molar-refractivity contribution in [1.29, 1.82) is 0 Å². The number of esters is 2. The van der Waals surface area contributed by atoms with Gasteiger partial charge in [0.1, 0.15) is 5.70 Å². The number of anilines is 2. The van der Waals surface area contributed by atoms with Gasteiger partial charge in [0.15, 0.2) is 0 Å². The van der Waals surface area contributed by atoms with Crippen LogP contribution in [0.1, 0.15) is 5.56 Å². The van der Waals surface area contributed by atoms with Crippen molar-refractivity contribution in [2.75, 3.05) is 45.5 Å². The topological polar surface area (TPSA) is 97.0 Å². The fourth-order valence-corrected chi connectivity index (χ4v) is 1.93. The van der Waals surface area contributed by atoms with Crippen LogP contribution < -0.4 is 10.6 Å². The van der Waals surface area contributed by atoms with Crippen molar-refractivity contribution in [2.24, 2.45) is 0 Å².